The van der Waals surface area contributed by atoms with Gasteiger partial charge in [0.05, 0.1) is 31.0 Å². The smallest absolute Gasteiger partial charge is 0.296 e. The third-order valence-corrected chi connectivity index (χ3v) is 5.99. The van der Waals surface area contributed by atoms with Gasteiger partial charge in [-0.15, -0.1) is 0 Å². The summed E-state index contributed by atoms with van der Waals surface area (Å²) in [4.78, 5) is 34.1. The van der Waals surface area contributed by atoms with Crippen molar-refractivity contribution < 1.29 is 19.4 Å². The first-order valence-corrected chi connectivity index (χ1v) is 10.9. The number of methoxy groups -OCH3 is 1. The van der Waals surface area contributed by atoms with E-state index in [0.717, 1.165) is 16.8 Å². The molecule has 0 bridgehead atoms. The molecule has 34 heavy (non-hydrogen) atoms. The van der Waals surface area contributed by atoms with Crippen molar-refractivity contribution >= 4 is 23.1 Å². The lowest BCUT2D eigenvalue weighted by Gasteiger charge is -2.25. The quantitative estimate of drug-likeness (QED) is 0.341. The molecule has 1 amide bonds. The van der Waals surface area contributed by atoms with Crippen LogP contribution in [0.1, 0.15) is 28.4 Å². The van der Waals surface area contributed by atoms with Gasteiger partial charge in [0.1, 0.15) is 11.5 Å². The zero-order chi connectivity index (χ0) is 24.4. The van der Waals surface area contributed by atoms with Crippen LogP contribution in [0.4, 0.5) is 5.69 Å². The van der Waals surface area contributed by atoms with E-state index in [1.807, 2.05) is 56.3 Å². The first-order chi connectivity index (χ1) is 16.3. The Morgan fingerprint density at radius 1 is 1.09 bits per heavy atom. The highest BCUT2D eigenvalue weighted by atomic mass is 16.5. The van der Waals surface area contributed by atoms with E-state index >= 15 is 0 Å². The van der Waals surface area contributed by atoms with Gasteiger partial charge in [0.25, 0.3) is 11.7 Å². The summed E-state index contributed by atoms with van der Waals surface area (Å²) >= 11 is 0. The molecule has 174 valence electrons. The van der Waals surface area contributed by atoms with Crippen LogP contribution < -0.4 is 9.64 Å². The fourth-order valence-electron chi connectivity index (χ4n) is 4.19. The molecule has 1 aliphatic heterocycles. The van der Waals surface area contributed by atoms with Gasteiger partial charge in [-0.2, -0.15) is 0 Å². The molecule has 7 heteroatoms. The van der Waals surface area contributed by atoms with Crippen LogP contribution in [0.15, 0.2) is 72.4 Å². The van der Waals surface area contributed by atoms with Crippen molar-refractivity contribution in [1.29, 1.82) is 0 Å². The minimum atomic E-state index is -0.749. The third-order valence-electron chi connectivity index (χ3n) is 5.99. The van der Waals surface area contributed by atoms with E-state index in [-0.39, 0.29) is 17.9 Å². The average Bonchev–Trinajstić information content (AvgIpc) is 3.09. The molecule has 1 aromatic heterocycles. The Kier molecular flexibility index (Phi) is 6.36. The summed E-state index contributed by atoms with van der Waals surface area (Å²) in [5.41, 5.74) is 3.68. The number of aromatic nitrogens is 1. The van der Waals surface area contributed by atoms with Crippen LogP contribution in [0.5, 0.6) is 5.75 Å². The molecular weight excluding hydrogens is 430 g/mol. The number of carbonyl (C=O) groups excluding carboxylic acids is 2. The number of Topliss-reactive ketones (excluding diaryl/α,β-unsaturated/α-hetero) is 1. The number of carbonyl (C=O) groups is 2. The molecule has 1 N–H and O–H groups in total. The summed E-state index contributed by atoms with van der Waals surface area (Å²) in [6.07, 6.45) is 1.65. The molecule has 1 fully saturated rings. The summed E-state index contributed by atoms with van der Waals surface area (Å²) in [5.74, 6) is -0.931. The van der Waals surface area contributed by atoms with E-state index in [2.05, 4.69) is 4.98 Å². The van der Waals surface area contributed by atoms with Gasteiger partial charge < -0.3 is 19.6 Å². The first kappa shape index (κ1) is 23.0. The van der Waals surface area contributed by atoms with Crippen molar-refractivity contribution in [3.63, 3.8) is 0 Å². The number of nitrogens with zero attached hydrogens (tertiary/aromatic N) is 3. The molecule has 0 saturated carbocycles. The molecule has 3 aromatic rings. The number of aryl methyl sites for hydroxylation is 1. The largest absolute Gasteiger partial charge is 0.507 e. The topological polar surface area (TPSA) is 83.0 Å². The number of ketones is 1. The maximum absolute atomic E-state index is 13.2. The highest BCUT2D eigenvalue weighted by Crippen LogP contribution is 2.41. The number of likely N-dealkylation sites (tertiary alicyclic amines) is 1. The minimum absolute atomic E-state index is 0.0584. The molecule has 0 aliphatic carbocycles. The Morgan fingerprint density at radius 3 is 2.41 bits per heavy atom. The monoisotopic (exact) mass is 457 g/mol. The Labute approximate surface area is 198 Å². The number of rotatable bonds is 6. The highest BCUT2D eigenvalue weighted by Gasteiger charge is 2.46. The van der Waals surface area contributed by atoms with Crippen LogP contribution in [-0.4, -0.2) is 47.9 Å². The summed E-state index contributed by atoms with van der Waals surface area (Å²) in [5, 5.41) is 11.3. The predicted octanol–water partition coefficient (Wildman–Crippen LogP) is 4.09. The fraction of sp³-hybridized carbons (Fsp3) is 0.222. The Hall–Kier alpha value is -4.13. The number of hydrogen-bond donors (Lipinski definition) is 1. The minimum Gasteiger partial charge on any atom is -0.507 e. The lowest BCUT2D eigenvalue weighted by molar-refractivity contribution is -0.140. The molecule has 1 unspecified atom stereocenters. The van der Waals surface area contributed by atoms with Gasteiger partial charge in [0, 0.05) is 31.5 Å². The number of amides is 1. The zero-order valence-corrected chi connectivity index (χ0v) is 19.6. The summed E-state index contributed by atoms with van der Waals surface area (Å²) < 4.78 is 5.31. The van der Waals surface area contributed by atoms with Gasteiger partial charge in [-0.05, 0) is 60.5 Å². The molecule has 0 spiro atoms. The molecular formula is C27H27N3O4. The lowest BCUT2D eigenvalue weighted by Crippen LogP contribution is -2.29. The molecule has 7 nitrogen and oxygen atoms in total. The maximum atomic E-state index is 13.2. The van der Waals surface area contributed by atoms with E-state index in [9.17, 15) is 14.7 Å². The van der Waals surface area contributed by atoms with Gasteiger partial charge in [-0.1, -0.05) is 18.2 Å². The molecule has 4 rings (SSSR count). The van der Waals surface area contributed by atoms with E-state index in [4.69, 9.17) is 4.74 Å². The number of pyridine rings is 1. The normalized spacial score (nSPS) is 17.2. The van der Waals surface area contributed by atoms with Crippen LogP contribution in [0.25, 0.3) is 5.76 Å². The van der Waals surface area contributed by atoms with Crippen molar-refractivity contribution in [2.24, 2.45) is 0 Å². The number of aliphatic hydroxyl groups excluding tert-OH is 1. The van der Waals surface area contributed by atoms with E-state index in [1.165, 1.54) is 4.90 Å². The second kappa shape index (κ2) is 9.39. The van der Waals surface area contributed by atoms with E-state index in [1.54, 1.807) is 43.6 Å². The van der Waals surface area contributed by atoms with Gasteiger partial charge >= 0.3 is 0 Å². The SMILES string of the molecule is COc1ccc(/C(O)=C2/C(=O)C(=O)N(Cc3ccccn3)C2c2ccc(N(C)C)cc2)cc1C. The van der Waals surface area contributed by atoms with Crippen molar-refractivity contribution in [3.8, 4) is 5.75 Å². The van der Waals surface area contributed by atoms with Gasteiger partial charge in [0.15, 0.2) is 0 Å². The molecule has 2 aromatic carbocycles. The number of hydrogen-bond acceptors (Lipinski definition) is 6. The van der Waals surface area contributed by atoms with Gasteiger partial charge in [-0.25, -0.2) is 0 Å². The van der Waals surface area contributed by atoms with Crippen LogP contribution in [-0.2, 0) is 16.1 Å². The predicted molar refractivity (Wildman–Crippen MR) is 131 cm³/mol. The molecule has 0 radical (unpaired) electrons. The average molecular weight is 458 g/mol. The number of anilines is 1. The third kappa shape index (κ3) is 4.24. The molecule has 1 aliphatic rings. The Bertz CT molecular complexity index is 1250. The zero-order valence-electron chi connectivity index (χ0n) is 19.6. The van der Waals surface area contributed by atoms with E-state index < -0.39 is 17.7 Å². The Balaban J connectivity index is 1.85. The maximum Gasteiger partial charge on any atom is 0.296 e. The Morgan fingerprint density at radius 2 is 1.82 bits per heavy atom. The standard InChI is InChI=1S/C27H27N3O4/c1-17-15-19(10-13-22(17)34-4)25(31)23-24(18-8-11-21(12-9-18)29(2)3)30(27(33)26(23)32)16-20-7-5-6-14-28-20/h5-15,24,31H,16H2,1-4H3/b25-23-. The first-order valence-electron chi connectivity index (χ1n) is 10.9. The fourth-order valence-corrected chi connectivity index (χ4v) is 4.19. The van der Waals surface area contributed by atoms with Crippen LogP contribution >= 0.6 is 0 Å². The second-order valence-corrected chi connectivity index (χ2v) is 8.42. The number of benzene rings is 2. The molecule has 2 heterocycles. The van der Waals surface area contributed by atoms with Gasteiger partial charge in [0.2, 0.25) is 0 Å². The van der Waals surface area contributed by atoms with Crippen LogP contribution in [0.2, 0.25) is 0 Å². The molecule has 1 saturated heterocycles. The number of ether oxygens (including phenoxy) is 1. The van der Waals surface area contributed by atoms with Crippen LogP contribution in [0, 0.1) is 6.92 Å². The second-order valence-electron chi connectivity index (χ2n) is 8.42. The summed E-state index contributed by atoms with van der Waals surface area (Å²) in [6.45, 7) is 2.00. The summed E-state index contributed by atoms with van der Waals surface area (Å²) in [6, 6.07) is 17.4. The van der Waals surface area contributed by atoms with Gasteiger partial charge in [-0.3, -0.25) is 14.6 Å². The van der Waals surface area contributed by atoms with Crippen LogP contribution in [0.3, 0.4) is 0 Å². The van der Waals surface area contributed by atoms with Crippen molar-refractivity contribution in [3.05, 3.63) is 94.8 Å². The lowest BCUT2D eigenvalue weighted by atomic mass is 9.94. The highest BCUT2D eigenvalue weighted by molar-refractivity contribution is 6.46. The number of aliphatic hydroxyl groups is 1. The van der Waals surface area contributed by atoms with Crippen molar-refractivity contribution in [2.75, 3.05) is 26.1 Å². The van der Waals surface area contributed by atoms with E-state index in [0.29, 0.717) is 17.0 Å². The summed E-state index contributed by atoms with van der Waals surface area (Å²) in [7, 11) is 5.45. The van der Waals surface area contributed by atoms with Crippen molar-refractivity contribution in [1.82, 2.24) is 9.88 Å². The van der Waals surface area contributed by atoms with Crippen molar-refractivity contribution in [2.45, 2.75) is 19.5 Å². The molecule has 1 atom stereocenters.